The van der Waals surface area contributed by atoms with Crippen LogP contribution in [0.3, 0.4) is 0 Å². The average molecular weight is 707 g/mol. The smallest absolute Gasteiger partial charge is 0.348 e. The van der Waals surface area contributed by atoms with Crippen LogP contribution < -0.4 is 10.6 Å². The van der Waals surface area contributed by atoms with Gasteiger partial charge >= 0.3 is 11.9 Å². The molecule has 0 saturated heterocycles. The summed E-state index contributed by atoms with van der Waals surface area (Å²) in [5.41, 5.74) is 5.19. The van der Waals surface area contributed by atoms with E-state index in [1.807, 2.05) is 72.8 Å². The number of carboxylic acid groups (broad SMARTS) is 2. The van der Waals surface area contributed by atoms with Crippen LogP contribution in [0.25, 0.3) is 43.7 Å². The summed E-state index contributed by atoms with van der Waals surface area (Å²) < 4.78 is 0. The number of aromatic nitrogens is 4. The number of carbonyl (C=O) groups excluding carboxylic acids is 2. The number of hydrogen-bond acceptors (Lipinski definition) is 10. The molecular weight excluding hydrogens is 677 g/mol. The number of benzene rings is 2. The third kappa shape index (κ3) is 8.66. The molecular formula is C36H30N6O6S2. The van der Waals surface area contributed by atoms with Crippen molar-refractivity contribution in [1.82, 2.24) is 19.9 Å². The van der Waals surface area contributed by atoms with Crippen LogP contribution in [-0.4, -0.2) is 53.9 Å². The second-order valence-corrected chi connectivity index (χ2v) is 12.9. The predicted octanol–water partition coefficient (Wildman–Crippen LogP) is 7.67. The van der Waals surface area contributed by atoms with Gasteiger partial charge < -0.3 is 20.8 Å². The molecule has 50 heavy (non-hydrogen) atoms. The maximum Gasteiger partial charge on any atom is 0.348 e. The maximum atomic E-state index is 11.6. The zero-order chi connectivity index (χ0) is 35.9. The third-order valence-electron chi connectivity index (χ3n) is 6.75. The molecule has 6 rings (SSSR count). The van der Waals surface area contributed by atoms with Gasteiger partial charge in [-0.15, -0.1) is 22.7 Å². The van der Waals surface area contributed by atoms with Gasteiger partial charge in [-0.2, -0.15) is 0 Å². The Morgan fingerprint density at radius 1 is 0.540 bits per heavy atom. The van der Waals surface area contributed by atoms with E-state index >= 15 is 0 Å². The zero-order valence-electron chi connectivity index (χ0n) is 27.2. The first-order valence-electron chi connectivity index (χ1n) is 15.0. The van der Waals surface area contributed by atoms with Crippen LogP contribution in [0.2, 0.25) is 0 Å². The molecule has 4 heterocycles. The first kappa shape index (κ1) is 35.2. The maximum absolute atomic E-state index is 11.6. The van der Waals surface area contributed by atoms with E-state index in [0.29, 0.717) is 55.6 Å². The van der Waals surface area contributed by atoms with Crippen molar-refractivity contribution >= 4 is 58.1 Å². The van der Waals surface area contributed by atoms with Gasteiger partial charge in [0, 0.05) is 47.5 Å². The van der Waals surface area contributed by atoms with E-state index in [9.17, 15) is 29.4 Å². The largest absolute Gasteiger partial charge is 0.477 e. The monoisotopic (exact) mass is 706 g/mol. The highest BCUT2D eigenvalue weighted by atomic mass is 32.1. The summed E-state index contributed by atoms with van der Waals surface area (Å²) in [6.07, 6.45) is 0. The molecule has 14 heteroatoms. The lowest BCUT2D eigenvalue weighted by Crippen LogP contribution is -2.08. The number of carbonyl (C=O) groups is 4. The fraction of sp³-hybridized carbons (Fsp3) is 0.111. The molecule has 0 bridgehead atoms. The molecule has 2 aromatic carbocycles. The van der Waals surface area contributed by atoms with Crippen LogP contribution in [0.5, 0.6) is 0 Å². The Morgan fingerprint density at radius 2 is 0.900 bits per heavy atom. The van der Waals surface area contributed by atoms with Crippen molar-refractivity contribution < 1.29 is 29.4 Å². The number of thiazole rings is 2. The summed E-state index contributed by atoms with van der Waals surface area (Å²) in [4.78, 5) is 63.7. The second kappa shape index (κ2) is 15.4. The fourth-order valence-electron chi connectivity index (χ4n) is 4.83. The van der Waals surface area contributed by atoms with Crippen LogP contribution in [0.4, 0.5) is 11.6 Å². The van der Waals surface area contributed by atoms with Gasteiger partial charge in [-0.25, -0.2) is 29.5 Å². The summed E-state index contributed by atoms with van der Waals surface area (Å²) >= 11 is 2.20. The van der Waals surface area contributed by atoms with E-state index in [0.717, 1.165) is 33.8 Å². The molecule has 0 aliphatic heterocycles. The molecule has 252 valence electrons. The Kier molecular flexibility index (Phi) is 10.8. The van der Waals surface area contributed by atoms with Gasteiger partial charge in [-0.3, -0.25) is 9.59 Å². The lowest BCUT2D eigenvalue weighted by Gasteiger charge is -2.05. The summed E-state index contributed by atoms with van der Waals surface area (Å²) in [6.45, 7) is 6.42. The molecule has 0 fully saturated rings. The molecule has 2 amide bonds. The fourth-order valence-corrected chi connectivity index (χ4v) is 6.66. The predicted molar refractivity (Wildman–Crippen MR) is 194 cm³/mol. The average Bonchev–Trinajstić information content (AvgIpc) is 3.72. The molecule has 0 spiro atoms. The van der Waals surface area contributed by atoms with E-state index in [4.69, 9.17) is 0 Å². The summed E-state index contributed by atoms with van der Waals surface area (Å²) in [5, 5.41) is 25.4. The number of anilines is 2. The lowest BCUT2D eigenvalue weighted by molar-refractivity contribution is -0.115. The van der Waals surface area contributed by atoms with Crippen LogP contribution in [0.1, 0.15) is 44.6 Å². The number of aryl methyl sites for hydroxylation is 2. The normalized spacial score (nSPS) is 10.5. The minimum Gasteiger partial charge on any atom is -0.477 e. The van der Waals surface area contributed by atoms with E-state index in [1.54, 1.807) is 26.0 Å². The van der Waals surface area contributed by atoms with Crippen LogP contribution in [0.15, 0.2) is 84.9 Å². The second-order valence-electron chi connectivity index (χ2n) is 10.9. The van der Waals surface area contributed by atoms with Crippen molar-refractivity contribution in [3.8, 4) is 43.7 Å². The van der Waals surface area contributed by atoms with Crippen molar-refractivity contribution in [2.45, 2.75) is 27.7 Å². The number of pyridine rings is 2. The number of hydrogen-bond donors (Lipinski definition) is 4. The molecule has 0 atom stereocenters. The summed E-state index contributed by atoms with van der Waals surface area (Å²) in [7, 11) is 0. The molecule has 12 nitrogen and oxygen atoms in total. The van der Waals surface area contributed by atoms with E-state index in [-0.39, 0.29) is 21.6 Å². The van der Waals surface area contributed by atoms with Gasteiger partial charge in [0.2, 0.25) is 11.8 Å². The minimum atomic E-state index is -1.02. The standard InChI is InChI=1S/2C18H15N3O3S/c2*1-10-8-13(9-14(19-10)20-11(2)22)17-21-15(16(25-17)18(23)24)12-6-4-3-5-7-12/h2*3-9H,1-2H3,(H,23,24)(H,19,20,22). The quantitative estimate of drug-likeness (QED) is 0.122. The zero-order valence-corrected chi connectivity index (χ0v) is 28.8. The molecule has 0 aliphatic carbocycles. The van der Waals surface area contributed by atoms with Crippen molar-refractivity contribution in [2.24, 2.45) is 0 Å². The Balaban J connectivity index is 0.000000194. The van der Waals surface area contributed by atoms with Crippen molar-refractivity contribution in [1.29, 1.82) is 0 Å². The van der Waals surface area contributed by atoms with Crippen molar-refractivity contribution in [3.05, 3.63) is 106 Å². The van der Waals surface area contributed by atoms with E-state index in [1.165, 1.54) is 13.8 Å². The van der Waals surface area contributed by atoms with E-state index < -0.39 is 11.9 Å². The Bertz CT molecular complexity index is 2060. The van der Waals surface area contributed by atoms with Gasteiger partial charge in [0.1, 0.15) is 31.4 Å². The molecule has 4 N–H and O–H groups in total. The van der Waals surface area contributed by atoms with Crippen molar-refractivity contribution in [3.63, 3.8) is 0 Å². The third-order valence-corrected chi connectivity index (χ3v) is 8.93. The lowest BCUT2D eigenvalue weighted by atomic mass is 10.1. The first-order chi connectivity index (χ1) is 23.9. The molecule has 0 unspecified atom stereocenters. The van der Waals surface area contributed by atoms with Gasteiger partial charge in [0.05, 0.1) is 11.4 Å². The molecule has 4 aromatic heterocycles. The number of nitrogens with zero attached hydrogens (tertiary/aromatic N) is 4. The number of aromatic carboxylic acids is 2. The Labute approximate surface area is 294 Å². The molecule has 0 radical (unpaired) electrons. The summed E-state index contributed by atoms with van der Waals surface area (Å²) in [5.74, 6) is -1.66. The minimum absolute atomic E-state index is 0.178. The Morgan fingerprint density at radius 3 is 1.22 bits per heavy atom. The van der Waals surface area contributed by atoms with E-state index in [2.05, 4.69) is 30.6 Å². The van der Waals surface area contributed by atoms with Crippen LogP contribution in [-0.2, 0) is 9.59 Å². The Hall–Kier alpha value is -6.12. The number of nitrogens with one attached hydrogen (secondary N) is 2. The van der Waals surface area contributed by atoms with Gasteiger partial charge in [-0.05, 0) is 38.1 Å². The summed E-state index contributed by atoms with van der Waals surface area (Å²) in [6, 6.07) is 25.4. The number of carboxylic acids is 2. The number of rotatable bonds is 8. The highest BCUT2D eigenvalue weighted by Crippen LogP contribution is 2.36. The molecule has 0 aliphatic rings. The number of amides is 2. The molecule has 0 saturated carbocycles. The SMILES string of the molecule is CC(=O)Nc1cc(-c2nc(-c3ccccc3)c(C(=O)O)s2)cc(C)n1.CC(=O)Nc1cc(-c2nc(-c3ccccc3)c(C(=O)O)s2)cc(C)n1. The topological polar surface area (TPSA) is 184 Å². The van der Waals surface area contributed by atoms with Gasteiger partial charge in [0.25, 0.3) is 0 Å². The van der Waals surface area contributed by atoms with Gasteiger partial charge in [-0.1, -0.05) is 60.7 Å². The van der Waals surface area contributed by atoms with Crippen molar-refractivity contribution in [2.75, 3.05) is 10.6 Å². The van der Waals surface area contributed by atoms with Crippen LogP contribution >= 0.6 is 22.7 Å². The molecule has 6 aromatic rings. The highest BCUT2D eigenvalue weighted by Gasteiger charge is 2.21. The first-order valence-corrected chi connectivity index (χ1v) is 16.6. The highest BCUT2D eigenvalue weighted by molar-refractivity contribution is 7.17. The van der Waals surface area contributed by atoms with Crippen LogP contribution in [0, 0.1) is 13.8 Å². The van der Waals surface area contributed by atoms with Gasteiger partial charge in [0.15, 0.2) is 0 Å².